The van der Waals surface area contributed by atoms with Crippen LogP contribution in [-0.4, -0.2) is 72.2 Å². The van der Waals surface area contributed by atoms with Gasteiger partial charge in [-0.3, -0.25) is 0 Å². The van der Waals surface area contributed by atoms with Crippen LogP contribution in [0.3, 0.4) is 0 Å². The molecule has 114 valence electrons. The first-order chi connectivity index (χ1) is 9.60. The fourth-order valence-corrected chi connectivity index (χ4v) is 3.01. The molecule has 2 unspecified atom stereocenters. The summed E-state index contributed by atoms with van der Waals surface area (Å²) in [6.45, 7) is 3.54. The fourth-order valence-electron chi connectivity index (χ4n) is 3.01. The average Bonchev–Trinajstić information content (AvgIpc) is 2.84. The highest BCUT2D eigenvalue weighted by Gasteiger charge is 2.24. The van der Waals surface area contributed by atoms with Gasteiger partial charge in [0.15, 0.2) is 0 Å². The zero-order valence-electron chi connectivity index (χ0n) is 13.3. The third-order valence-corrected chi connectivity index (χ3v) is 4.58. The lowest BCUT2D eigenvalue weighted by Crippen LogP contribution is -2.52. The smallest absolute Gasteiger partial charge is 0.108 e. The van der Waals surface area contributed by atoms with Crippen LogP contribution in [0.1, 0.15) is 18.7 Å². The van der Waals surface area contributed by atoms with Crippen LogP contribution in [0.15, 0.2) is 12.4 Å². The number of hydrogen-bond acceptors (Lipinski definition) is 4. The molecule has 1 N–H and O–H groups in total. The lowest BCUT2D eigenvalue weighted by Gasteiger charge is -2.39. The quantitative estimate of drug-likeness (QED) is 0.826. The standard InChI is InChI=1S/C15H29N5/c1-16-13(5-6-15-17-7-8-20(15)4)11-14-12-18(2)9-10-19(14)3/h7-8,13-14,16H,5-6,9-12H2,1-4H3. The molecule has 0 spiro atoms. The summed E-state index contributed by atoms with van der Waals surface area (Å²) in [5, 5.41) is 3.48. The third kappa shape index (κ3) is 4.04. The highest BCUT2D eigenvalue weighted by atomic mass is 15.3. The number of likely N-dealkylation sites (N-methyl/N-ethyl adjacent to an activating group) is 2. The molecule has 0 aliphatic carbocycles. The van der Waals surface area contributed by atoms with E-state index in [4.69, 9.17) is 0 Å². The number of nitrogens with one attached hydrogen (secondary N) is 1. The van der Waals surface area contributed by atoms with E-state index in [1.54, 1.807) is 0 Å². The highest BCUT2D eigenvalue weighted by molar-refractivity contribution is 4.93. The maximum absolute atomic E-state index is 4.41. The molecule has 5 heteroatoms. The second kappa shape index (κ2) is 7.20. The Labute approximate surface area is 123 Å². The predicted octanol–water partition coefficient (Wildman–Crippen LogP) is 0.577. The van der Waals surface area contributed by atoms with Crippen molar-refractivity contribution in [2.45, 2.75) is 31.3 Å². The van der Waals surface area contributed by atoms with Crippen molar-refractivity contribution >= 4 is 0 Å². The monoisotopic (exact) mass is 279 g/mol. The van der Waals surface area contributed by atoms with Crippen molar-refractivity contribution < 1.29 is 0 Å². The van der Waals surface area contributed by atoms with E-state index in [1.807, 2.05) is 12.4 Å². The lowest BCUT2D eigenvalue weighted by molar-refractivity contribution is 0.101. The van der Waals surface area contributed by atoms with Crippen molar-refractivity contribution in [3.05, 3.63) is 18.2 Å². The fraction of sp³-hybridized carbons (Fsp3) is 0.800. The van der Waals surface area contributed by atoms with Crippen LogP contribution in [0.5, 0.6) is 0 Å². The second-order valence-corrected chi connectivity index (χ2v) is 6.11. The van der Waals surface area contributed by atoms with Gasteiger partial charge < -0.3 is 19.7 Å². The molecule has 1 fully saturated rings. The molecular weight excluding hydrogens is 250 g/mol. The molecule has 1 aromatic heterocycles. The zero-order chi connectivity index (χ0) is 14.5. The molecule has 1 saturated heterocycles. The van der Waals surface area contributed by atoms with Crippen molar-refractivity contribution in [1.82, 2.24) is 24.7 Å². The van der Waals surface area contributed by atoms with Crippen LogP contribution in [-0.2, 0) is 13.5 Å². The van der Waals surface area contributed by atoms with Gasteiger partial charge in [0.25, 0.3) is 0 Å². The van der Waals surface area contributed by atoms with E-state index in [0.717, 1.165) is 12.8 Å². The number of aromatic nitrogens is 2. The maximum Gasteiger partial charge on any atom is 0.108 e. The Hall–Kier alpha value is -0.910. The van der Waals surface area contributed by atoms with Crippen LogP contribution in [0.25, 0.3) is 0 Å². The maximum atomic E-state index is 4.41. The van der Waals surface area contributed by atoms with Gasteiger partial charge in [-0.05, 0) is 34.0 Å². The van der Waals surface area contributed by atoms with Crippen molar-refractivity contribution in [3.8, 4) is 0 Å². The van der Waals surface area contributed by atoms with E-state index in [9.17, 15) is 0 Å². The van der Waals surface area contributed by atoms with E-state index >= 15 is 0 Å². The Balaban J connectivity index is 1.83. The molecular formula is C15H29N5. The summed E-state index contributed by atoms with van der Waals surface area (Å²) in [5.74, 6) is 1.18. The topological polar surface area (TPSA) is 36.3 Å². The summed E-state index contributed by atoms with van der Waals surface area (Å²) in [4.78, 5) is 9.36. The van der Waals surface area contributed by atoms with Gasteiger partial charge in [0, 0.05) is 57.6 Å². The molecule has 0 saturated carbocycles. The lowest BCUT2D eigenvalue weighted by atomic mass is 9.99. The minimum Gasteiger partial charge on any atom is -0.338 e. The summed E-state index contributed by atoms with van der Waals surface area (Å²) in [6, 6.07) is 1.22. The van der Waals surface area contributed by atoms with Gasteiger partial charge in [-0.2, -0.15) is 0 Å². The molecule has 2 heterocycles. The normalized spacial score (nSPS) is 23.1. The average molecular weight is 279 g/mol. The first-order valence-electron chi connectivity index (χ1n) is 7.62. The Morgan fingerprint density at radius 3 is 2.80 bits per heavy atom. The van der Waals surface area contributed by atoms with Crippen LogP contribution in [0, 0.1) is 0 Å². The molecule has 20 heavy (non-hydrogen) atoms. The third-order valence-electron chi connectivity index (χ3n) is 4.58. The molecule has 1 aromatic rings. The molecule has 0 radical (unpaired) electrons. The Morgan fingerprint density at radius 1 is 1.35 bits per heavy atom. The van der Waals surface area contributed by atoms with Crippen molar-refractivity contribution in [2.75, 3.05) is 40.8 Å². The van der Waals surface area contributed by atoms with Gasteiger partial charge in [-0.1, -0.05) is 0 Å². The first kappa shape index (κ1) is 15.5. The van der Waals surface area contributed by atoms with Gasteiger partial charge >= 0.3 is 0 Å². The van der Waals surface area contributed by atoms with Gasteiger partial charge in [-0.15, -0.1) is 0 Å². The van der Waals surface area contributed by atoms with Gasteiger partial charge in [0.2, 0.25) is 0 Å². The number of piperazine rings is 1. The summed E-state index contributed by atoms with van der Waals surface area (Å²) < 4.78 is 2.12. The second-order valence-electron chi connectivity index (χ2n) is 6.11. The zero-order valence-corrected chi connectivity index (χ0v) is 13.3. The van der Waals surface area contributed by atoms with Crippen LogP contribution in [0.2, 0.25) is 0 Å². The first-order valence-corrected chi connectivity index (χ1v) is 7.62. The Bertz CT molecular complexity index is 403. The molecule has 2 atom stereocenters. The van der Waals surface area contributed by atoms with Gasteiger partial charge in [-0.25, -0.2) is 4.98 Å². The van der Waals surface area contributed by atoms with E-state index in [-0.39, 0.29) is 0 Å². The van der Waals surface area contributed by atoms with Gasteiger partial charge in [0.05, 0.1) is 0 Å². The largest absolute Gasteiger partial charge is 0.338 e. The van der Waals surface area contributed by atoms with Crippen molar-refractivity contribution in [2.24, 2.45) is 7.05 Å². The molecule has 1 aliphatic rings. The number of hydrogen-bond donors (Lipinski definition) is 1. The molecule has 2 rings (SSSR count). The van der Waals surface area contributed by atoms with Crippen LogP contribution >= 0.6 is 0 Å². The molecule has 0 aromatic carbocycles. The summed E-state index contributed by atoms with van der Waals surface area (Å²) in [5.41, 5.74) is 0. The molecule has 0 amide bonds. The number of imidazole rings is 1. The van der Waals surface area contributed by atoms with E-state index in [0.29, 0.717) is 12.1 Å². The van der Waals surface area contributed by atoms with E-state index < -0.39 is 0 Å². The summed E-state index contributed by atoms with van der Waals surface area (Å²) >= 11 is 0. The summed E-state index contributed by atoms with van der Waals surface area (Å²) in [7, 11) is 8.63. The molecule has 1 aliphatic heterocycles. The Morgan fingerprint density at radius 2 is 2.15 bits per heavy atom. The van der Waals surface area contributed by atoms with E-state index in [2.05, 4.69) is 52.9 Å². The highest BCUT2D eigenvalue weighted by Crippen LogP contribution is 2.14. The van der Waals surface area contributed by atoms with Gasteiger partial charge in [0.1, 0.15) is 5.82 Å². The van der Waals surface area contributed by atoms with Crippen molar-refractivity contribution in [3.63, 3.8) is 0 Å². The minimum atomic E-state index is 0.561. The number of aryl methyl sites for hydroxylation is 2. The predicted molar refractivity (Wildman–Crippen MR) is 82.9 cm³/mol. The molecule has 0 bridgehead atoms. The SMILES string of the molecule is CNC(CCc1nccn1C)CC1CN(C)CCN1C. The van der Waals surface area contributed by atoms with Crippen LogP contribution < -0.4 is 5.32 Å². The van der Waals surface area contributed by atoms with Crippen molar-refractivity contribution in [1.29, 1.82) is 0 Å². The van der Waals surface area contributed by atoms with Crippen LogP contribution in [0.4, 0.5) is 0 Å². The Kier molecular flexibility index (Phi) is 5.57. The molecule has 5 nitrogen and oxygen atoms in total. The summed E-state index contributed by atoms with van der Waals surface area (Å²) in [6.07, 6.45) is 7.31. The minimum absolute atomic E-state index is 0.561. The number of rotatable bonds is 6. The number of nitrogens with zero attached hydrogens (tertiary/aromatic N) is 4. The van der Waals surface area contributed by atoms with E-state index in [1.165, 1.54) is 31.9 Å².